The van der Waals surface area contributed by atoms with Crippen molar-refractivity contribution in [2.24, 2.45) is 0 Å². The molecule has 0 aliphatic heterocycles. The second kappa shape index (κ2) is 6.83. The van der Waals surface area contributed by atoms with E-state index in [9.17, 15) is 4.79 Å². The Morgan fingerprint density at radius 2 is 2.00 bits per heavy atom. The monoisotopic (exact) mass is 319 g/mol. The summed E-state index contributed by atoms with van der Waals surface area (Å²) in [6, 6.07) is 9.11. The van der Waals surface area contributed by atoms with Gasteiger partial charge in [0.2, 0.25) is 0 Å². The van der Waals surface area contributed by atoms with E-state index in [1.807, 2.05) is 0 Å². The normalized spacial score (nSPS) is 15.0. The van der Waals surface area contributed by atoms with Crippen molar-refractivity contribution in [2.45, 2.75) is 38.5 Å². The third kappa shape index (κ3) is 3.80. The van der Waals surface area contributed by atoms with Crippen molar-refractivity contribution in [3.63, 3.8) is 0 Å². The molecule has 22 heavy (non-hydrogen) atoms. The Bertz CT molecular complexity index is 633. The van der Waals surface area contributed by atoms with Crippen LogP contribution in [0, 0.1) is 0 Å². The van der Waals surface area contributed by atoms with Gasteiger partial charge in [-0.3, -0.25) is 4.79 Å². The van der Waals surface area contributed by atoms with E-state index < -0.39 is 0 Å². The number of carbonyl (C=O) groups excluding carboxylic acids is 1. The number of carbonyl (C=O) groups is 1. The molecule has 1 aromatic carbocycles. The summed E-state index contributed by atoms with van der Waals surface area (Å²) in [7, 11) is 0. The molecule has 0 unspecified atom stereocenters. The first kappa shape index (κ1) is 14.9. The quantitative estimate of drug-likeness (QED) is 0.920. The minimum atomic E-state index is -0.114. The molecule has 0 saturated heterocycles. The van der Waals surface area contributed by atoms with Crippen molar-refractivity contribution < 1.29 is 9.53 Å². The fourth-order valence-corrected chi connectivity index (χ4v) is 2.68. The topological polar surface area (TPSA) is 56.2 Å². The number of amides is 1. The number of benzene rings is 1. The van der Waals surface area contributed by atoms with Crippen LogP contribution in [0.25, 0.3) is 0 Å². The first-order chi connectivity index (χ1) is 10.7. The average molecular weight is 320 g/mol. The van der Waals surface area contributed by atoms with E-state index in [1.165, 1.54) is 12.8 Å². The summed E-state index contributed by atoms with van der Waals surface area (Å²) in [5.74, 6) is 0.592. The number of nitrogens with one attached hydrogen (secondary N) is 1. The van der Waals surface area contributed by atoms with Crippen LogP contribution in [0.3, 0.4) is 0 Å². The zero-order chi connectivity index (χ0) is 15.4. The molecule has 1 saturated carbocycles. The van der Waals surface area contributed by atoms with E-state index in [2.05, 4.69) is 10.4 Å². The largest absolute Gasteiger partial charge is 0.471 e. The van der Waals surface area contributed by atoms with Crippen LogP contribution in [0.5, 0.6) is 5.75 Å². The van der Waals surface area contributed by atoms with Gasteiger partial charge in [0, 0.05) is 17.3 Å². The van der Waals surface area contributed by atoms with E-state index in [1.54, 1.807) is 41.2 Å². The zero-order valence-corrected chi connectivity index (χ0v) is 12.9. The Labute approximate surface area is 134 Å². The van der Waals surface area contributed by atoms with Crippen LogP contribution >= 0.6 is 11.6 Å². The van der Waals surface area contributed by atoms with E-state index in [4.69, 9.17) is 16.3 Å². The van der Waals surface area contributed by atoms with Crippen molar-refractivity contribution in [2.75, 3.05) is 0 Å². The number of hydrogen-bond acceptors (Lipinski definition) is 3. The van der Waals surface area contributed by atoms with Gasteiger partial charge >= 0.3 is 0 Å². The third-order valence-electron chi connectivity index (χ3n) is 3.74. The lowest BCUT2D eigenvalue weighted by atomic mass is 10.2. The van der Waals surface area contributed by atoms with Gasteiger partial charge in [-0.2, -0.15) is 5.10 Å². The summed E-state index contributed by atoms with van der Waals surface area (Å²) in [6.07, 6.45) is 6.24. The highest BCUT2D eigenvalue weighted by atomic mass is 35.5. The molecule has 0 atom stereocenters. The molecule has 0 radical (unpaired) electrons. The molecule has 6 heteroatoms. The minimum absolute atomic E-state index is 0.114. The molecule has 5 nitrogen and oxygen atoms in total. The molecule has 0 spiro atoms. The lowest BCUT2D eigenvalue weighted by Gasteiger charge is -2.10. The number of aromatic nitrogens is 2. The maximum Gasteiger partial charge on any atom is 0.271 e. The molecule has 1 aliphatic rings. The standard InChI is InChI=1S/C16H18ClN3O2/c17-12-5-7-14(8-6-12)22-11-20-10-9-15(19-20)16(21)18-13-3-1-2-4-13/h5-10,13H,1-4,11H2,(H,18,21). The Hall–Kier alpha value is -2.01. The van der Waals surface area contributed by atoms with Gasteiger partial charge in [0.1, 0.15) is 11.4 Å². The van der Waals surface area contributed by atoms with Crippen molar-refractivity contribution in [1.82, 2.24) is 15.1 Å². The predicted octanol–water partition coefficient (Wildman–Crippen LogP) is 3.25. The zero-order valence-electron chi connectivity index (χ0n) is 12.2. The summed E-state index contributed by atoms with van der Waals surface area (Å²) < 4.78 is 7.18. The van der Waals surface area contributed by atoms with Crippen LogP contribution in [0.15, 0.2) is 36.5 Å². The van der Waals surface area contributed by atoms with Crippen LogP contribution in [0.4, 0.5) is 0 Å². The van der Waals surface area contributed by atoms with Gasteiger partial charge in [0.15, 0.2) is 6.73 Å². The Balaban J connectivity index is 1.54. The molecule has 1 heterocycles. The molecular weight excluding hydrogens is 302 g/mol. The Morgan fingerprint density at radius 3 is 2.73 bits per heavy atom. The highest BCUT2D eigenvalue weighted by molar-refractivity contribution is 6.30. The van der Waals surface area contributed by atoms with Crippen LogP contribution in [0.1, 0.15) is 36.2 Å². The first-order valence-electron chi connectivity index (χ1n) is 7.43. The fraction of sp³-hybridized carbons (Fsp3) is 0.375. The predicted molar refractivity (Wildman–Crippen MR) is 84.0 cm³/mol. The Kier molecular flexibility index (Phi) is 4.63. The lowest BCUT2D eigenvalue weighted by molar-refractivity contribution is 0.0930. The van der Waals surface area contributed by atoms with Gasteiger partial charge < -0.3 is 10.1 Å². The van der Waals surface area contributed by atoms with Gasteiger partial charge in [-0.15, -0.1) is 0 Å². The van der Waals surface area contributed by atoms with Gasteiger partial charge in [-0.1, -0.05) is 24.4 Å². The number of halogens is 1. The SMILES string of the molecule is O=C(NC1CCCC1)c1ccn(COc2ccc(Cl)cc2)n1. The number of rotatable bonds is 5. The third-order valence-corrected chi connectivity index (χ3v) is 3.99. The second-order valence-electron chi connectivity index (χ2n) is 5.42. The van der Waals surface area contributed by atoms with Crippen molar-refractivity contribution in [3.05, 3.63) is 47.2 Å². The van der Waals surface area contributed by atoms with E-state index >= 15 is 0 Å². The number of nitrogens with zero attached hydrogens (tertiary/aromatic N) is 2. The van der Waals surface area contributed by atoms with E-state index in [0.717, 1.165) is 12.8 Å². The highest BCUT2D eigenvalue weighted by Gasteiger charge is 2.19. The molecular formula is C16H18ClN3O2. The van der Waals surface area contributed by atoms with Crippen LogP contribution < -0.4 is 10.1 Å². The van der Waals surface area contributed by atoms with Crippen molar-refractivity contribution >= 4 is 17.5 Å². The smallest absolute Gasteiger partial charge is 0.271 e. The van der Waals surface area contributed by atoms with Crippen molar-refractivity contribution in [1.29, 1.82) is 0 Å². The van der Waals surface area contributed by atoms with E-state index in [0.29, 0.717) is 22.5 Å². The molecule has 1 fully saturated rings. The van der Waals surface area contributed by atoms with E-state index in [-0.39, 0.29) is 12.6 Å². The molecule has 116 valence electrons. The first-order valence-corrected chi connectivity index (χ1v) is 7.81. The molecule has 2 aromatic rings. The summed E-state index contributed by atoms with van der Waals surface area (Å²) in [5, 5.41) is 7.92. The maximum absolute atomic E-state index is 12.1. The fourth-order valence-electron chi connectivity index (χ4n) is 2.56. The lowest BCUT2D eigenvalue weighted by Crippen LogP contribution is -2.32. The maximum atomic E-state index is 12.1. The van der Waals surface area contributed by atoms with Gasteiger partial charge in [-0.25, -0.2) is 4.68 Å². The summed E-state index contributed by atoms with van der Waals surface area (Å²) in [4.78, 5) is 12.1. The molecule has 1 aromatic heterocycles. The number of hydrogen-bond donors (Lipinski definition) is 1. The van der Waals surface area contributed by atoms with Gasteiger partial charge in [0.05, 0.1) is 0 Å². The van der Waals surface area contributed by atoms with Crippen LogP contribution in [-0.2, 0) is 6.73 Å². The molecule has 3 rings (SSSR count). The van der Waals surface area contributed by atoms with Crippen LogP contribution in [0.2, 0.25) is 5.02 Å². The summed E-state index contributed by atoms with van der Waals surface area (Å²) >= 11 is 5.82. The highest BCUT2D eigenvalue weighted by Crippen LogP contribution is 2.18. The van der Waals surface area contributed by atoms with Crippen molar-refractivity contribution in [3.8, 4) is 5.75 Å². The number of ether oxygens (including phenoxy) is 1. The molecule has 1 aliphatic carbocycles. The van der Waals surface area contributed by atoms with Crippen LogP contribution in [-0.4, -0.2) is 21.7 Å². The Morgan fingerprint density at radius 1 is 1.27 bits per heavy atom. The second-order valence-corrected chi connectivity index (χ2v) is 5.86. The molecule has 0 bridgehead atoms. The molecule has 1 N–H and O–H groups in total. The summed E-state index contributed by atoms with van der Waals surface area (Å²) in [5.41, 5.74) is 0.423. The average Bonchev–Trinajstić information content (AvgIpc) is 3.18. The summed E-state index contributed by atoms with van der Waals surface area (Å²) in [6.45, 7) is 0.248. The minimum Gasteiger partial charge on any atom is -0.471 e. The van der Waals surface area contributed by atoms with Gasteiger partial charge in [0.25, 0.3) is 5.91 Å². The molecule has 1 amide bonds. The van der Waals surface area contributed by atoms with Gasteiger partial charge in [-0.05, 0) is 43.2 Å².